The highest BCUT2D eigenvalue weighted by atomic mass is 32.2. The first-order valence-corrected chi connectivity index (χ1v) is 7.60. The lowest BCUT2D eigenvalue weighted by Gasteiger charge is -2.40. The molecule has 0 saturated heterocycles. The van der Waals surface area contributed by atoms with E-state index in [0.29, 0.717) is 4.75 Å². The summed E-state index contributed by atoms with van der Waals surface area (Å²) in [7, 11) is 0. The fourth-order valence-electron chi connectivity index (χ4n) is 2.55. The van der Waals surface area contributed by atoms with E-state index < -0.39 is 0 Å². The summed E-state index contributed by atoms with van der Waals surface area (Å²) in [6.45, 7) is 1.04. The van der Waals surface area contributed by atoms with Gasteiger partial charge in [-0.3, -0.25) is 0 Å². The van der Waals surface area contributed by atoms with Gasteiger partial charge in [-0.05, 0) is 43.4 Å². The lowest BCUT2D eigenvalue weighted by atomic mass is 9.84. The summed E-state index contributed by atoms with van der Waals surface area (Å²) in [4.78, 5) is 3.29. The van der Waals surface area contributed by atoms with Crippen molar-refractivity contribution < 1.29 is 0 Å². The van der Waals surface area contributed by atoms with Gasteiger partial charge in [-0.1, -0.05) is 18.6 Å². The number of aromatic amines is 1. The molecule has 1 saturated carbocycles. The van der Waals surface area contributed by atoms with Gasteiger partial charge in [-0.2, -0.15) is 11.8 Å². The van der Waals surface area contributed by atoms with E-state index in [1.165, 1.54) is 24.8 Å². The maximum atomic E-state index is 5.44. The van der Waals surface area contributed by atoms with Crippen LogP contribution in [0, 0.1) is 4.77 Å². The molecule has 3 rings (SSSR count). The van der Waals surface area contributed by atoms with Crippen molar-refractivity contribution in [1.29, 1.82) is 0 Å². The summed E-state index contributed by atoms with van der Waals surface area (Å²) in [5.74, 6) is 0. The standard InChI is InChI=1S/C13H16N2S2/c1-17-13(7-4-8-13)9-15-11-6-3-2-5-10(11)14-12(15)16/h2-3,5-6H,4,7-9H2,1H3,(H,14,16). The summed E-state index contributed by atoms with van der Waals surface area (Å²) < 4.78 is 3.54. The van der Waals surface area contributed by atoms with Crippen LogP contribution in [0.25, 0.3) is 11.0 Å². The van der Waals surface area contributed by atoms with Crippen molar-refractivity contribution in [2.75, 3.05) is 6.26 Å². The van der Waals surface area contributed by atoms with E-state index in [4.69, 9.17) is 12.2 Å². The van der Waals surface area contributed by atoms with Gasteiger partial charge in [0.05, 0.1) is 11.0 Å². The maximum absolute atomic E-state index is 5.44. The predicted octanol–water partition coefficient (Wildman–Crippen LogP) is 3.98. The Labute approximate surface area is 110 Å². The normalized spacial score (nSPS) is 18.2. The Morgan fingerprint density at radius 3 is 2.82 bits per heavy atom. The Bertz CT molecular complexity index is 587. The number of para-hydroxylation sites is 2. The van der Waals surface area contributed by atoms with E-state index in [9.17, 15) is 0 Å². The lowest BCUT2D eigenvalue weighted by molar-refractivity contribution is 0.323. The van der Waals surface area contributed by atoms with E-state index in [2.05, 4.69) is 34.0 Å². The van der Waals surface area contributed by atoms with Crippen LogP contribution in [0.1, 0.15) is 19.3 Å². The van der Waals surface area contributed by atoms with E-state index >= 15 is 0 Å². The summed E-state index contributed by atoms with van der Waals surface area (Å²) in [6.07, 6.45) is 6.21. The molecule has 0 amide bonds. The number of aromatic nitrogens is 2. The first-order valence-electron chi connectivity index (χ1n) is 5.97. The molecule has 1 N–H and O–H groups in total. The minimum absolute atomic E-state index is 0.420. The average Bonchev–Trinajstić information content (AvgIpc) is 2.60. The fraction of sp³-hybridized carbons (Fsp3) is 0.462. The van der Waals surface area contributed by atoms with Gasteiger partial charge < -0.3 is 9.55 Å². The molecule has 0 aliphatic heterocycles. The highest BCUT2D eigenvalue weighted by molar-refractivity contribution is 8.00. The van der Waals surface area contributed by atoms with Crippen LogP contribution in [-0.4, -0.2) is 20.6 Å². The van der Waals surface area contributed by atoms with Crippen LogP contribution in [0.2, 0.25) is 0 Å². The molecular formula is C13H16N2S2. The molecule has 0 atom stereocenters. The highest BCUT2D eigenvalue weighted by Crippen LogP contribution is 2.44. The van der Waals surface area contributed by atoms with Crippen LogP contribution < -0.4 is 0 Å². The number of benzene rings is 1. The first kappa shape index (κ1) is 11.4. The third-order valence-corrected chi connectivity index (χ3v) is 5.55. The van der Waals surface area contributed by atoms with Gasteiger partial charge in [0.1, 0.15) is 0 Å². The van der Waals surface area contributed by atoms with Crippen LogP contribution in [0.15, 0.2) is 24.3 Å². The summed E-state index contributed by atoms with van der Waals surface area (Å²) >= 11 is 7.43. The fourth-order valence-corrected chi connectivity index (χ4v) is 3.78. The van der Waals surface area contributed by atoms with Gasteiger partial charge in [-0.15, -0.1) is 0 Å². The molecule has 2 aromatic rings. The van der Waals surface area contributed by atoms with E-state index in [-0.39, 0.29) is 0 Å². The molecular weight excluding hydrogens is 248 g/mol. The third kappa shape index (κ3) is 1.83. The Hall–Kier alpha value is -0.740. The summed E-state index contributed by atoms with van der Waals surface area (Å²) in [5.41, 5.74) is 2.38. The number of thioether (sulfide) groups is 1. The van der Waals surface area contributed by atoms with Crippen LogP contribution in [0.3, 0.4) is 0 Å². The largest absolute Gasteiger partial charge is 0.331 e. The molecule has 1 aliphatic carbocycles. The number of fused-ring (bicyclic) bond motifs is 1. The molecule has 1 aliphatic rings. The van der Waals surface area contributed by atoms with Crippen molar-refractivity contribution in [3.8, 4) is 0 Å². The van der Waals surface area contributed by atoms with E-state index in [1.807, 2.05) is 17.8 Å². The zero-order valence-electron chi connectivity index (χ0n) is 9.90. The molecule has 1 aromatic carbocycles. The second-order valence-electron chi connectivity index (χ2n) is 4.77. The molecule has 1 heterocycles. The van der Waals surface area contributed by atoms with E-state index in [1.54, 1.807) is 0 Å². The van der Waals surface area contributed by atoms with Crippen LogP contribution in [0.5, 0.6) is 0 Å². The molecule has 17 heavy (non-hydrogen) atoms. The SMILES string of the molecule is CSC1(Cn2c(=S)[nH]c3ccccc32)CCC1. The van der Waals surface area contributed by atoms with Crippen molar-refractivity contribution in [2.24, 2.45) is 0 Å². The van der Waals surface area contributed by atoms with Crippen LogP contribution in [0.4, 0.5) is 0 Å². The van der Waals surface area contributed by atoms with Gasteiger partial charge in [0.15, 0.2) is 4.77 Å². The van der Waals surface area contributed by atoms with Crippen LogP contribution in [-0.2, 0) is 6.54 Å². The van der Waals surface area contributed by atoms with Gasteiger partial charge in [-0.25, -0.2) is 0 Å². The molecule has 1 fully saturated rings. The zero-order valence-corrected chi connectivity index (χ0v) is 11.5. The number of H-pyrrole nitrogens is 1. The van der Waals surface area contributed by atoms with Crippen molar-refractivity contribution in [2.45, 2.75) is 30.6 Å². The molecule has 0 radical (unpaired) electrons. The predicted molar refractivity (Wildman–Crippen MR) is 77.2 cm³/mol. The smallest absolute Gasteiger partial charge is 0.178 e. The van der Waals surface area contributed by atoms with Gasteiger partial charge in [0.25, 0.3) is 0 Å². The highest BCUT2D eigenvalue weighted by Gasteiger charge is 2.36. The third-order valence-electron chi connectivity index (χ3n) is 3.83. The Balaban J connectivity index is 2.05. The lowest BCUT2D eigenvalue weighted by Crippen LogP contribution is -2.37. The van der Waals surface area contributed by atoms with Crippen molar-refractivity contribution in [3.63, 3.8) is 0 Å². The van der Waals surface area contributed by atoms with Gasteiger partial charge in [0, 0.05) is 11.3 Å². The van der Waals surface area contributed by atoms with Gasteiger partial charge in [0.2, 0.25) is 0 Å². The molecule has 2 nitrogen and oxygen atoms in total. The monoisotopic (exact) mass is 264 g/mol. The van der Waals surface area contributed by atoms with E-state index in [0.717, 1.165) is 16.8 Å². The first-order chi connectivity index (χ1) is 8.24. The Morgan fingerprint density at radius 1 is 1.41 bits per heavy atom. The Kier molecular flexibility index (Phi) is 2.79. The average molecular weight is 264 g/mol. The quantitative estimate of drug-likeness (QED) is 0.846. The number of imidazole rings is 1. The van der Waals surface area contributed by atoms with Crippen LogP contribution >= 0.6 is 24.0 Å². The molecule has 0 unspecified atom stereocenters. The van der Waals surface area contributed by atoms with Gasteiger partial charge >= 0.3 is 0 Å². The topological polar surface area (TPSA) is 20.7 Å². The summed E-state index contributed by atoms with van der Waals surface area (Å²) in [5, 5.41) is 0. The van der Waals surface area contributed by atoms with Crippen molar-refractivity contribution >= 4 is 35.0 Å². The second kappa shape index (κ2) is 4.18. The minimum atomic E-state index is 0.420. The molecule has 4 heteroatoms. The number of hydrogen-bond acceptors (Lipinski definition) is 2. The second-order valence-corrected chi connectivity index (χ2v) is 6.44. The zero-order chi connectivity index (χ0) is 11.9. The number of hydrogen-bond donors (Lipinski definition) is 1. The molecule has 0 spiro atoms. The van der Waals surface area contributed by atoms with Crippen molar-refractivity contribution in [3.05, 3.63) is 29.0 Å². The molecule has 90 valence electrons. The number of nitrogens with zero attached hydrogens (tertiary/aromatic N) is 1. The maximum Gasteiger partial charge on any atom is 0.178 e. The molecule has 1 aromatic heterocycles. The number of rotatable bonds is 3. The molecule has 0 bridgehead atoms. The minimum Gasteiger partial charge on any atom is -0.331 e. The van der Waals surface area contributed by atoms with Crippen molar-refractivity contribution in [1.82, 2.24) is 9.55 Å². The summed E-state index contributed by atoms with van der Waals surface area (Å²) in [6, 6.07) is 8.36. The Morgan fingerprint density at radius 2 is 2.18 bits per heavy atom. The number of nitrogens with one attached hydrogen (secondary N) is 1.